The molecule has 96 valence electrons. The highest BCUT2D eigenvalue weighted by Gasteiger charge is 2.25. The fraction of sp³-hybridized carbons (Fsp3) is 0.538. The highest BCUT2D eigenvalue weighted by molar-refractivity contribution is 5.51. The van der Waals surface area contributed by atoms with E-state index in [0.29, 0.717) is 11.7 Å². The number of nitrogens with two attached hydrogens (primary N) is 1. The van der Waals surface area contributed by atoms with Gasteiger partial charge in [-0.15, -0.1) is 0 Å². The van der Waals surface area contributed by atoms with Gasteiger partial charge in [0.15, 0.2) is 5.65 Å². The molecule has 0 saturated carbocycles. The number of rotatable bonds is 2. The summed E-state index contributed by atoms with van der Waals surface area (Å²) in [7, 11) is 0. The van der Waals surface area contributed by atoms with Crippen LogP contribution in [0.3, 0.4) is 0 Å². The van der Waals surface area contributed by atoms with Gasteiger partial charge in [-0.3, -0.25) is 4.90 Å². The maximum absolute atomic E-state index is 5.73. The number of piperidine rings is 1. The van der Waals surface area contributed by atoms with Crippen molar-refractivity contribution in [2.75, 3.05) is 18.8 Å². The lowest BCUT2D eigenvalue weighted by molar-refractivity contribution is 0.158. The summed E-state index contributed by atoms with van der Waals surface area (Å²) < 4.78 is 1.78. The molecule has 1 atom stereocenters. The molecular formula is C13H19N5. The molecule has 1 unspecified atom stereocenters. The monoisotopic (exact) mass is 245 g/mol. The average molecular weight is 245 g/mol. The first-order chi connectivity index (χ1) is 8.79. The van der Waals surface area contributed by atoms with E-state index in [4.69, 9.17) is 5.73 Å². The van der Waals surface area contributed by atoms with E-state index in [0.717, 1.165) is 12.2 Å². The lowest BCUT2D eigenvalue weighted by Gasteiger charge is -2.34. The van der Waals surface area contributed by atoms with Crippen molar-refractivity contribution in [3.8, 4) is 0 Å². The van der Waals surface area contributed by atoms with Crippen LogP contribution in [0.15, 0.2) is 18.6 Å². The zero-order valence-electron chi connectivity index (χ0n) is 10.7. The third-order valence-electron chi connectivity index (χ3n) is 3.78. The minimum atomic E-state index is 0.456. The molecule has 0 radical (unpaired) electrons. The first-order valence-electron chi connectivity index (χ1n) is 6.62. The van der Waals surface area contributed by atoms with Crippen molar-refractivity contribution in [3.05, 3.63) is 24.2 Å². The van der Waals surface area contributed by atoms with Crippen molar-refractivity contribution in [3.63, 3.8) is 0 Å². The number of nitrogen functional groups attached to an aromatic ring is 1. The molecular weight excluding hydrogens is 226 g/mol. The van der Waals surface area contributed by atoms with E-state index in [9.17, 15) is 0 Å². The molecule has 5 heteroatoms. The van der Waals surface area contributed by atoms with Gasteiger partial charge in [-0.25, -0.2) is 9.50 Å². The number of likely N-dealkylation sites (tertiary alicyclic amines) is 1. The van der Waals surface area contributed by atoms with Crippen molar-refractivity contribution in [1.29, 1.82) is 0 Å². The predicted molar refractivity (Wildman–Crippen MR) is 71.2 cm³/mol. The average Bonchev–Trinajstić information content (AvgIpc) is 2.81. The first kappa shape index (κ1) is 11.5. The Kier molecular flexibility index (Phi) is 2.91. The molecule has 1 aliphatic rings. The van der Waals surface area contributed by atoms with Crippen LogP contribution in [0.2, 0.25) is 0 Å². The van der Waals surface area contributed by atoms with Gasteiger partial charge in [-0.05, 0) is 25.9 Å². The van der Waals surface area contributed by atoms with Gasteiger partial charge in [0.2, 0.25) is 0 Å². The molecule has 0 bridgehead atoms. The Balaban J connectivity index is 2.02. The van der Waals surface area contributed by atoms with E-state index in [-0.39, 0.29) is 0 Å². The van der Waals surface area contributed by atoms with Crippen molar-refractivity contribution in [2.45, 2.75) is 32.2 Å². The van der Waals surface area contributed by atoms with E-state index >= 15 is 0 Å². The van der Waals surface area contributed by atoms with Gasteiger partial charge < -0.3 is 5.73 Å². The first-order valence-corrected chi connectivity index (χ1v) is 6.62. The Morgan fingerprint density at radius 1 is 1.39 bits per heavy atom. The molecule has 3 heterocycles. The summed E-state index contributed by atoms with van der Waals surface area (Å²) in [4.78, 5) is 6.95. The van der Waals surface area contributed by atoms with Crippen LogP contribution in [0, 0.1) is 0 Å². The van der Waals surface area contributed by atoms with E-state index in [2.05, 4.69) is 21.9 Å². The number of fused-ring (bicyclic) bond motifs is 1. The molecule has 5 nitrogen and oxygen atoms in total. The van der Waals surface area contributed by atoms with Gasteiger partial charge in [0.05, 0.1) is 24.3 Å². The quantitative estimate of drug-likeness (QED) is 0.877. The lowest BCUT2D eigenvalue weighted by atomic mass is 9.97. The van der Waals surface area contributed by atoms with Crippen LogP contribution in [0.4, 0.5) is 5.69 Å². The highest BCUT2D eigenvalue weighted by Crippen LogP contribution is 2.32. The summed E-state index contributed by atoms with van der Waals surface area (Å²) in [6, 6.07) is 0.456. The molecule has 0 spiro atoms. The summed E-state index contributed by atoms with van der Waals surface area (Å²) >= 11 is 0. The molecule has 0 aliphatic carbocycles. The Morgan fingerprint density at radius 3 is 3.11 bits per heavy atom. The number of nitrogens with zero attached hydrogens (tertiary/aromatic N) is 4. The smallest absolute Gasteiger partial charge is 0.159 e. The van der Waals surface area contributed by atoms with Gasteiger partial charge in [0, 0.05) is 11.6 Å². The predicted octanol–water partition coefficient (Wildman–Crippen LogP) is 1.86. The van der Waals surface area contributed by atoms with Crippen molar-refractivity contribution in [2.24, 2.45) is 0 Å². The Hall–Kier alpha value is -1.62. The SMILES string of the molecule is CCN1CCCCC1c1cnn2cc(N)cnc12. The summed E-state index contributed by atoms with van der Waals surface area (Å²) in [6.07, 6.45) is 9.25. The number of aromatic nitrogens is 3. The summed E-state index contributed by atoms with van der Waals surface area (Å²) in [6.45, 7) is 4.47. The fourth-order valence-corrected chi connectivity index (χ4v) is 2.86. The third-order valence-corrected chi connectivity index (χ3v) is 3.78. The van der Waals surface area contributed by atoms with Crippen LogP contribution >= 0.6 is 0 Å². The van der Waals surface area contributed by atoms with Crippen LogP contribution in [0.25, 0.3) is 5.65 Å². The zero-order valence-corrected chi connectivity index (χ0v) is 10.7. The van der Waals surface area contributed by atoms with Crippen molar-refractivity contribution in [1.82, 2.24) is 19.5 Å². The molecule has 1 saturated heterocycles. The van der Waals surface area contributed by atoms with E-state index < -0.39 is 0 Å². The fourth-order valence-electron chi connectivity index (χ4n) is 2.86. The van der Waals surface area contributed by atoms with Crippen LogP contribution in [-0.4, -0.2) is 32.6 Å². The molecule has 1 fully saturated rings. The molecule has 2 aromatic heterocycles. The van der Waals surface area contributed by atoms with E-state index in [1.807, 2.05) is 12.4 Å². The van der Waals surface area contributed by atoms with Gasteiger partial charge in [-0.2, -0.15) is 5.10 Å². The maximum atomic E-state index is 5.73. The molecule has 2 N–H and O–H groups in total. The Bertz CT molecular complexity index is 547. The van der Waals surface area contributed by atoms with Crippen LogP contribution in [0.5, 0.6) is 0 Å². The molecule has 3 rings (SSSR count). The summed E-state index contributed by atoms with van der Waals surface area (Å²) in [5, 5.41) is 4.37. The topological polar surface area (TPSA) is 59.5 Å². The minimum Gasteiger partial charge on any atom is -0.396 e. The summed E-state index contributed by atoms with van der Waals surface area (Å²) in [5.74, 6) is 0. The van der Waals surface area contributed by atoms with Crippen molar-refractivity contribution >= 4 is 11.3 Å². The van der Waals surface area contributed by atoms with Gasteiger partial charge in [0.1, 0.15) is 0 Å². The Morgan fingerprint density at radius 2 is 2.28 bits per heavy atom. The maximum Gasteiger partial charge on any atom is 0.159 e. The standard InChI is InChI=1S/C13H19N5/c1-2-17-6-4-3-5-12(17)11-8-16-18-9-10(14)7-15-13(11)18/h7-9,12H,2-6,14H2,1H3. The molecule has 0 amide bonds. The van der Waals surface area contributed by atoms with Crippen molar-refractivity contribution < 1.29 is 0 Å². The second-order valence-corrected chi connectivity index (χ2v) is 4.90. The van der Waals surface area contributed by atoms with Gasteiger partial charge in [0.25, 0.3) is 0 Å². The van der Waals surface area contributed by atoms with Crippen LogP contribution in [-0.2, 0) is 0 Å². The van der Waals surface area contributed by atoms with Gasteiger partial charge in [-0.1, -0.05) is 13.3 Å². The van der Waals surface area contributed by atoms with E-state index in [1.165, 1.54) is 31.4 Å². The lowest BCUT2D eigenvalue weighted by Crippen LogP contribution is -2.33. The van der Waals surface area contributed by atoms with Crippen LogP contribution in [0.1, 0.15) is 37.8 Å². The molecule has 18 heavy (non-hydrogen) atoms. The highest BCUT2D eigenvalue weighted by atomic mass is 15.3. The number of anilines is 1. The summed E-state index contributed by atoms with van der Waals surface area (Å²) in [5.41, 5.74) is 8.55. The van der Waals surface area contributed by atoms with Gasteiger partial charge >= 0.3 is 0 Å². The van der Waals surface area contributed by atoms with Crippen LogP contribution < -0.4 is 5.73 Å². The zero-order chi connectivity index (χ0) is 12.5. The number of hydrogen-bond acceptors (Lipinski definition) is 4. The normalized spacial score (nSPS) is 21.5. The third kappa shape index (κ3) is 1.84. The number of hydrogen-bond donors (Lipinski definition) is 1. The molecule has 2 aromatic rings. The second kappa shape index (κ2) is 4.57. The van der Waals surface area contributed by atoms with E-state index in [1.54, 1.807) is 10.7 Å². The molecule has 0 aromatic carbocycles. The molecule has 1 aliphatic heterocycles. The second-order valence-electron chi connectivity index (χ2n) is 4.90. The Labute approximate surface area is 107 Å². The largest absolute Gasteiger partial charge is 0.396 e. The minimum absolute atomic E-state index is 0.456.